The number of carbonyl (C=O) groups is 1. The van der Waals surface area contributed by atoms with Crippen molar-refractivity contribution in [3.8, 4) is 0 Å². The van der Waals surface area contributed by atoms with Crippen molar-refractivity contribution in [2.75, 3.05) is 13.6 Å². The SMILES string of the molecule is CN(CC(N)=S)C(=O)c1ccccc1C(C)(C)C. The van der Waals surface area contributed by atoms with Gasteiger partial charge in [-0.15, -0.1) is 0 Å². The zero-order valence-corrected chi connectivity index (χ0v) is 12.2. The molecule has 3 nitrogen and oxygen atoms in total. The van der Waals surface area contributed by atoms with Gasteiger partial charge in [0.15, 0.2) is 0 Å². The first-order valence-corrected chi connectivity index (χ1v) is 6.27. The first kappa shape index (κ1) is 14.6. The third-order valence-electron chi connectivity index (χ3n) is 2.71. The largest absolute Gasteiger partial charge is 0.392 e. The second-order valence-electron chi connectivity index (χ2n) is 5.42. The molecule has 1 rings (SSSR count). The zero-order valence-electron chi connectivity index (χ0n) is 11.4. The maximum Gasteiger partial charge on any atom is 0.254 e. The highest BCUT2D eigenvalue weighted by Crippen LogP contribution is 2.26. The quantitative estimate of drug-likeness (QED) is 0.852. The van der Waals surface area contributed by atoms with Crippen LogP contribution in [0.1, 0.15) is 36.7 Å². The summed E-state index contributed by atoms with van der Waals surface area (Å²) in [6.07, 6.45) is 0. The summed E-state index contributed by atoms with van der Waals surface area (Å²) in [6.45, 7) is 6.57. The van der Waals surface area contributed by atoms with Gasteiger partial charge < -0.3 is 10.6 Å². The summed E-state index contributed by atoms with van der Waals surface area (Å²) in [5, 5.41) is 0. The van der Waals surface area contributed by atoms with Crippen molar-refractivity contribution in [1.82, 2.24) is 4.90 Å². The van der Waals surface area contributed by atoms with Gasteiger partial charge >= 0.3 is 0 Å². The summed E-state index contributed by atoms with van der Waals surface area (Å²) < 4.78 is 0. The van der Waals surface area contributed by atoms with E-state index in [0.717, 1.165) is 5.56 Å². The Labute approximate surface area is 114 Å². The van der Waals surface area contributed by atoms with Crippen LogP contribution in [-0.2, 0) is 5.41 Å². The van der Waals surface area contributed by atoms with E-state index in [0.29, 0.717) is 17.1 Å². The molecule has 0 aromatic heterocycles. The Hall–Kier alpha value is -1.42. The van der Waals surface area contributed by atoms with Crippen molar-refractivity contribution in [2.24, 2.45) is 5.73 Å². The summed E-state index contributed by atoms with van der Waals surface area (Å²) >= 11 is 4.83. The summed E-state index contributed by atoms with van der Waals surface area (Å²) in [5.41, 5.74) is 7.14. The van der Waals surface area contributed by atoms with Gasteiger partial charge in [0.05, 0.1) is 11.5 Å². The van der Waals surface area contributed by atoms with Crippen LogP contribution in [0.25, 0.3) is 0 Å². The van der Waals surface area contributed by atoms with Crippen molar-refractivity contribution in [2.45, 2.75) is 26.2 Å². The number of hydrogen-bond acceptors (Lipinski definition) is 2. The lowest BCUT2D eigenvalue weighted by Gasteiger charge is -2.25. The van der Waals surface area contributed by atoms with Crippen LogP contribution in [-0.4, -0.2) is 29.4 Å². The highest BCUT2D eigenvalue weighted by atomic mass is 32.1. The van der Waals surface area contributed by atoms with E-state index in [-0.39, 0.29) is 11.3 Å². The molecule has 0 bridgehead atoms. The molecule has 0 aliphatic rings. The first-order valence-electron chi connectivity index (χ1n) is 5.86. The van der Waals surface area contributed by atoms with E-state index in [4.69, 9.17) is 18.0 Å². The summed E-state index contributed by atoms with van der Waals surface area (Å²) in [6, 6.07) is 7.66. The van der Waals surface area contributed by atoms with Crippen LogP contribution in [0.15, 0.2) is 24.3 Å². The number of thiocarbonyl (C=S) groups is 1. The van der Waals surface area contributed by atoms with Crippen molar-refractivity contribution in [3.63, 3.8) is 0 Å². The van der Waals surface area contributed by atoms with E-state index in [1.165, 1.54) is 0 Å². The van der Waals surface area contributed by atoms with Crippen LogP contribution in [0.3, 0.4) is 0 Å². The molecule has 0 aliphatic heterocycles. The number of likely N-dealkylation sites (N-methyl/N-ethyl adjacent to an activating group) is 1. The highest BCUT2D eigenvalue weighted by Gasteiger charge is 2.23. The Morgan fingerprint density at radius 3 is 2.39 bits per heavy atom. The van der Waals surface area contributed by atoms with Gasteiger partial charge in [-0.05, 0) is 17.0 Å². The molecule has 0 aliphatic carbocycles. The second kappa shape index (κ2) is 5.48. The number of rotatable bonds is 3. The Balaban J connectivity index is 3.10. The minimum atomic E-state index is -0.0731. The number of hydrogen-bond donors (Lipinski definition) is 1. The standard InChI is InChI=1S/C14H20N2OS/c1-14(2,3)11-8-6-5-7-10(11)13(17)16(4)9-12(15)18/h5-8H,9H2,1-4H3,(H2,15,18). The predicted molar refractivity (Wildman–Crippen MR) is 78.9 cm³/mol. The van der Waals surface area contributed by atoms with Crippen LogP contribution >= 0.6 is 12.2 Å². The average molecular weight is 264 g/mol. The molecule has 0 atom stereocenters. The monoisotopic (exact) mass is 264 g/mol. The normalized spacial score (nSPS) is 11.1. The van der Waals surface area contributed by atoms with Gasteiger partial charge in [-0.2, -0.15) is 0 Å². The fraction of sp³-hybridized carbons (Fsp3) is 0.429. The van der Waals surface area contributed by atoms with E-state index in [2.05, 4.69) is 20.8 Å². The van der Waals surface area contributed by atoms with Crippen molar-refractivity contribution < 1.29 is 4.79 Å². The molecule has 1 aromatic carbocycles. The second-order valence-corrected chi connectivity index (χ2v) is 5.95. The number of nitrogens with two attached hydrogens (primary N) is 1. The summed E-state index contributed by atoms with van der Waals surface area (Å²) in [7, 11) is 1.71. The third kappa shape index (κ3) is 3.53. The molecule has 0 fully saturated rings. The molecular formula is C14H20N2OS. The van der Waals surface area contributed by atoms with E-state index < -0.39 is 0 Å². The van der Waals surface area contributed by atoms with Gasteiger partial charge in [0.1, 0.15) is 0 Å². The van der Waals surface area contributed by atoms with E-state index in [9.17, 15) is 4.79 Å². The summed E-state index contributed by atoms with van der Waals surface area (Å²) in [4.78, 5) is 14.2. The molecule has 18 heavy (non-hydrogen) atoms. The Bertz CT molecular complexity index is 463. The van der Waals surface area contributed by atoms with Gasteiger partial charge in [0, 0.05) is 12.6 Å². The molecule has 2 N–H and O–H groups in total. The lowest BCUT2D eigenvalue weighted by atomic mass is 9.83. The Kier molecular flexibility index (Phi) is 4.46. The molecule has 0 saturated heterocycles. The smallest absolute Gasteiger partial charge is 0.254 e. The highest BCUT2D eigenvalue weighted by molar-refractivity contribution is 7.80. The Morgan fingerprint density at radius 1 is 1.33 bits per heavy atom. The van der Waals surface area contributed by atoms with Crippen molar-refractivity contribution >= 4 is 23.1 Å². The third-order valence-corrected chi connectivity index (χ3v) is 2.83. The topological polar surface area (TPSA) is 46.3 Å². The molecule has 0 unspecified atom stereocenters. The number of benzene rings is 1. The molecular weight excluding hydrogens is 244 g/mol. The lowest BCUT2D eigenvalue weighted by molar-refractivity contribution is 0.0812. The minimum absolute atomic E-state index is 0.0478. The molecule has 4 heteroatoms. The van der Waals surface area contributed by atoms with Crippen molar-refractivity contribution in [3.05, 3.63) is 35.4 Å². The first-order chi connectivity index (χ1) is 8.23. The molecule has 1 amide bonds. The van der Waals surface area contributed by atoms with E-state index in [1.807, 2.05) is 24.3 Å². The molecule has 0 saturated carbocycles. The average Bonchev–Trinajstić information content (AvgIpc) is 2.26. The molecule has 98 valence electrons. The van der Waals surface area contributed by atoms with Crippen LogP contribution in [0.4, 0.5) is 0 Å². The lowest BCUT2D eigenvalue weighted by Crippen LogP contribution is -2.35. The predicted octanol–water partition coefficient (Wildman–Crippen LogP) is 2.34. The van der Waals surface area contributed by atoms with E-state index in [1.54, 1.807) is 11.9 Å². The van der Waals surface area contributed by atoms with Crippen LogP contribution in [0, 0.1) is 0 Å². The Morgan fingerprint density at radius 2 is 1.89 bits per heavy atom. The number of nitrogens with zero attached hydrogens (tertiary/aromatic N) is 1. The van der Waals surface area contributed by atoms with Crippen LogP contribution in [0.5, 0.6) is 0 Å². The molecule has 1 aromatic rings. The number of amides is 1. The van der Waals surface area contributed by atoms with Gasteiger partial charge in [-0.3, -0.25) is 4.79 Å². The molecule has 0 radical (unpaired) electrons. The van der Waals surface area contributed by atoms with Gasteiger partial charge in [0.2, 0.25) is 0 Å². The van der Waals surface area contributed by atoms with Crippen molar-refractivity contribution in [1.29, 1.82) is 0 Å². The van der Waals surface area contributed by atoms with Crippen LogP contribution < -0.4 is 5.73 Å². The molecule has 0 heterocycles. The minimum Gasteiger partial charge on any atom is -0.392 e. The van der Waals surface area contributed by atoms with Gasteiger partial charge in [0.25, 0.3) is 5.91 Å². The number of carbonyl (C=O) groups excluding carboxylic acids is 1. The van der Waals surface area contributed by atoms with Gasteiger partial charge in [-0.25, -0.2) is 0 Å². The fourth-order valence-corrected chi connectivity index (χ4v) is 2.03. The molecule has 0 spiro atoms. The summed E-state index contributed by atoms with van der Waals surface area (Å²) in [5.74, 6) is -0.0478. The maximum atomic E-state index is 12.4. The van der Waals surface area contributed by atoms with E-state index >= 15 is 0 Å². The zero-order chi connectivity index (χ0) is 13.9. The maximum absolute atomic E-state index is 12.4. The fourth-order valence-electron chi connectivity index (χ4n) is 1.83. The van der Waals surface area contributed by atoms with Gasteiger partial charge in [-0.1, -0.05) is 51.2 Å². The van der Waals surface area contributed by atoms with Crippen LogP contribution in [0.2, 0.25) is 0 Å².